The van der Waals surface area contributed by atoms with Crippen LogP contribution in [-0.4, -0.2) is 22.8 Å². The number of aromatic nitrogens is 1. The van der Waals surface area contributed by atoms with Gasteiger partial charge in [-0.2, -0.15) is 0 Å². The Morgan fingerprint density at radius 1 is 1.33 bits per heavy atom. The molecule has 1 aliphatic rings. The Bertz CT molecular complexity index is 527. The molecule has 1 unspecified atom stereocenters. The van der Waals surface area contributed by atoms with E-state index >= 15 is 0 Å². The third kappa shape index (κ3) is 1.97. The van der Waals surface area contributed by atoms with Gasteiger partial charge in [0.25, 0.3) is 0 Å². The first kappa shape index (κ1) is 12.2. The normalized spacial score (nSPS) is 20.0. The maximum absolute atomic E-state index is 12.1. The highest BCUT2D eigenvalue weighted by Crippen LogP contribution is 2.21. The van der Waals surface area contributed by atoms with Crippen molar-refractivity contribution in [2.45, 2.75) is 20.3 Å². The van der Waals surface area contributed by atoms with Crippen molar-refractivity contribution in [3.05, 3.63) is 24.0 Å². The summed E-state index contributed by atoms with van der Waals surface area (Å²) in [6.07, 6.45) is 3.40. The molecule has 0 saturated carbocycles. The van der Waals surface area contributed by atoms with Gasteiger partial charge in [-0.05, 0) is 25.0 Å². The predicted molar refractivity (Wildman–Crippen MR) is 63.8 cm³/mol. The minimum absolute atomic E-state index is 0.355. The summed E-state index contributed by atoms with van der Waals surface area (Å²) in [6.45, 7) is 3.54. The smallest absolute Gasteiger partial charge is 0.277 e. The van der Waals surface area contributed by atoms with Gasteiger partial charge >= 0.3 is 6.03 Å². The van der Waals surface area contributed by atoms with Gasteiger partial charge < -0.3 is 0 Å². The van der Waals surface area contributed by atoms with E-state index in [2.05, 4.69) is 10.3 Å². The van der Waals surface area contributed by atoms with E-state index in [-0.39, 0.29) is 0 Å². The lowest BCUT2D eigenvalue weighted by Crippen LogP contribution is -2.58. The topological polar surface area (TPSA) is 79.4 Å². The Balaban J connectivity index is 2.40. The summed E-state index contributed by atoms with van der Waals surface area (Å²) < 4.78 is 0. The summed E-state index contributed by atoms with van der Waals surface area (Å²) in [5, 5.41) is 2.18. The molecule has 1 fully saturated rings. The molecule has 2 rings (SSSR count). The number of nitrogens with zero attached hydrogens (tertiary/aromatic N) is 2. The third-order valence-corrected chi connectivity index (χ3v) is 2.80. The summed E-state index contributed by atoms with van der Waals surface area (Å²) in [5.74, 6) is -1.86. The van der Waals surface area contributed by atoms with E-state index in [1.807, 2.05) is 6.92 Å². The number of nitrogens with one attached hydrogen (secondary N) is 1. The van der Waals surface area contributed by atoms with Crippen molar-refractivity contribution in [3.8, 4) is 0 Å². The van der Waals surface area contributed by atoms with Gasteiger partial charge in [0.2, 0.25) is 11.8 Å². The van der Waals surface area contributed by atoms with Crippen LogP contribution in [0.3, 0.4) is 0 Å². The Morgan fingerprint density at radius 3 is 2.67 bits per heavy atom. The average molecular weight is 247 g/mol. The molecule has 1 atom stereocenters. The molecule has 2 heterocycles. The van der Waals surface area contributed by atoms with Gasteiger partial charge in [0.1, 0.15) is 5.92 Å². The number of aryl methyl sites for hydroxylation is 1. The summed E-state index contributed by atoms with van der Waals surface area (Å²) in [6, 6.07) is 0.953. The van der Waals surface area contributed by atoms with Crippen LogP contribution in [0.5, 0.6) is 0 Å². The molecule has 18 heavy (non-hydrogen) atoms. The van der Waals surface area contributed by atoms with Gasteiger partial charge in [-0.25, -0.2) is 9.69 Å². The molecule has 4 amide bonds. The second-order valence-electron chi connectivity index (χ2n) is 4.15. The minimum Gasteiger partial charge on any atom is -0.277 e. The number of carbonyl (C=O) groups excluding carboxylic acids is 3. The number of barbiturate groups is 1. The van der Waals surface area contributed by atoms with Crippen LogP contribution < -0.4 is 10.2 Å². The molecule has 6 heteroatoms. The molecule has 0 aromatic carbocycles. The predicted octanol–water partition coefficient (Wildman–Crippen LogP) is 0.999. The SMILES string of the molecule is CCC1C(=O)NC(=O)N(c2cncc(C)c2)C1=O. The fourth-order valence-electron chi connectivity index (χ4n) is 1.88. The standard InChI is InChI=1S/C12H13N3O3/c1-3-9-10(16)14-12(18)15(11(9)17)8-4-7(2)5-13-6-8/h4-6,9H,3H2,1-2H3,(H,14,16,18). The number of urea groups is 1. The van der Waals surface area contributed by atoms with Crippen LogP contribution in [-0.2, 0) is 9.59 Å². The lowest BCUT2D eigenvalue weighted by atomic mass is 10.0. The summed E-state index contributed by atoms with van der Waals surface area (Å²) in [5.41, 5.74) is 1.21. The van der Waals surface area contributed by atoms with Gasteiger partial charge in [-0.1, -0.05) is 6.92 Å². The van der Waals surface area contributed by atoms with Crippen LogP contribution in [0, 0.1) is 12.8 Å². The van der Waals surface area contributed by atoms with E-state index in [9.17, 15) is 14.4 Å². The Morgan fingerprint density at radius 2 is 2.06 bits per heavy atom. The molecule has 1 saturated heterocycles. The van der Waals surface area contributed by atoms with Crippen molar-refractivity contribution >= 4 is 23.5 Å². The van der Waals surface area contributed by atoms with Gasteiger partial charge in [-0.3, -0.25) is 19.9 Å². The van der Waals surface area contributed by atoms with Crippen LogP contribution in [0.1, 0.15) is 18.9 Å². The Kier molecular flexibility index (Phi) is 3.10. The zero-order chi connectivity index (χ0) is 13.3. The summed E-state index contributed by atoms with van der Waals surface area (Å²) in [4.78, 5) is 40.2. The number of amides is 4. The number of anilines is 1. The van der Waals surface area contributed by atoms with Crippen LogP contribution in [0.2, 0.25) is 0 Å². The van der Waals surface area contributed by atoms with Crippen molar-refractivity contribution in [1.29, 1.82) is 0 Å². The van der Waals surface area contributed by atoms with Crippen molar-refractivity contribution in [2.75, 3.05) is 4.90 Å². The second kappa shape index (κ2) is 4.56. The monoisotopic (exact) mass is 247 g/mol. The van der Waals surface area contributed by atoms with E-state index in [0.717, 1.165) is 10.5 Å². The van der Waals surface area contributed by atoms with Gasteiger partial charge in [0, 0.05) is 6.20 Å². The molecule has 0 radical (unpaired) electrons. The third-order valence-electron chi connectivity index (χ3n) is 2.80. The van der Waals surface area contributed by atoms with E-state index < -0.39 is 23.8 Å². The first-order valence-electron chi connectivity index (χ1n) is 5.65. The fourth-order valence-corrected chi connectivity index (χ4v) is 1.88. The van der Waals surface area contributed by atoms with Crippen molar-refractivity contribution in [1.82, 2.24) is 10.3 Å². The first-order valence-corrected chi connectivity index (χ1v) is 5.65. The molecule has 6 nitrogen and oxygen atoms in total. The van der Waals surface area contributed by atoms with Crippen molar-refractivity contribution < 1.29 is 14.4 Å². The minimum atomic E-state index is -0.816. The number of imide groups is 2. The largest absolute Gasteiger partial charge is 0.335 e. The van der Waals surface area contributed by atoms with E-state index in [4.69, 9.17) is 0 Å². The molecule has 0 spiro atoms. The van der Waals surface area contributed by atoms with E-state index in [1.54, 1.807) is 19.2 Å². The lowest BCUT2D eigenvalue weighted by Gasteiger charge is -2.29. The molecular weight excluding hydrogens is 234 g/mol. The number of rotatable bonds is 2. The molecule has 1 aromatic heterocycles. The number of carbonyl (C=O) groups is 3. The highest BCUT2D eigenvalue weighted by molar-refractivity contribution is 6.27. The van der Waals surface area contributed by atoms with E-state index in [1.165, 1.54) is 6.20 Å². The van der Waals surface area contributed by atoms with Gasteiger partial charge in [-0.15, -0.1) is 0 Å². The molecule has 94 valence electrons. The first-order chi connectivity index (χ1) is 8.54. The van der Waals surface area contributed by atoms with E-state index in [0.29, 0.717) is 12.1 Å². The van der Waals surface area contributed by atoms with Crippen LogP contribution in [0.4, 0.5) is 10.5 Å². The molecule has 0 bridgehead atoms. The van der Waals surface area contributed by atoms with Gasteiger partial charge in [0.15, 0.2) is 0 Å². The van der Waals surface area contributed by atoms with Crippen molar-refractivity contribution in [2.24, 2.45) is 5.92 Å². The quantitative estimate of drug-likeness (QED) is 0.791. The number of hydrogen-bond acceptors (Lipinski definition) is 4. The number of hydrogen-bond donors (Lipinski definition) is 1. The maximum atomic E-state index is 12.1. The number of pyridine rings is 1. The zero-order valence-corrected chi connectivity index (χ0v) is 10.1. The fraction of sp³-hybridized carbons (Fsp3) is 0.333. The molecule has 1 N–H and O–H groups in total. The zero-order valence-electron chi connectivity index (χ0n) is 10.1. The van der Waals surface area contributed by atoms with Crippen molar-refractivity contribution in [3.63, 3.8) is 0 Å². The molecule has 1 aromatic rings. The highest BCUT2D eigenvalue weighted by Gasteiger charge is 2.40. The second-order valence-corrected chi connectivity index (χ2v) is 4.15. The lowest BCUT2D eigenvalue weighted by molar-refractivity contribution is -0.134. The maximum Gasteiger partial charge on any atom is 0.335 e. The van der Waals surface area contributed by atoms with Crippen LogP contribution in [0.15, 0.2) is 18.5 Å². The van der Waals surface area contributed by atoms with Gasteiger partial charge in [0.05, 0.1) is 11.9 Å². The molecule has 0 aliphatic carbocycles. The summed E-state index contributed by atoms with van der Waals surface area (Å²) >= 11 is 0. The molecule has 1 aliphatic heterocycles. The molecular formula is C12H13N3O3. The Hall–Kier alpha value is -2.24. The Labute approximate surface area is 104 Å². The van der Waals surface area contributed by atoms with Crippen LogP contribution in [0.25, 0.3) is 0 Å². The highest BCUT2D eigenvalue weighted by atomic mass is 16.2. The summed E-state index contributed by atoms with van der Waals surface area (Å²) in [7, 11) is 0. The van der Waals surface area contributed by atoms with Crippen LogP contribution >= 0.6 is 0 Å². The average Bonchev–Trinajstić information content (AvgIpc) is 2.28.